The Labute approximate surface area is 114 Å². The Balaban J connectivity index is 2.04. The standard InChI is InChI=1S/C14H23N3O2/c1-4-15-12-7-13(17-14(16-12)10(2)3)19-9-11-5-6-18-8-11/h7,10-11H,4-6,8-9H2,1-3H3,(H,15,16,17). The third-order valence-corrected chi connectivity index (χ3v) is 3.09. The van der Waals surface area contributed by atoms with Crippen LogP contribution in [-0.4, -0.2) is 36.3 Å². The van der Waals surface area contributed by atoms with Crippen LogP contribution in [0.4, 0.5) is 5.82 Å². The topological polar surface area (TPSA) is 56.3 Å². The van der Waals surface area contributed by atoms with Crippen LogP contribution in [0.2, 0.25) is 0 Å². The predicted octanol–water partition coefficient (Wildman–Crippen LogP) is 2.45. The maximum Gasteiger partial charge on any atom is 0.218 e. The Morgan fingerprint density at radius 3 is 2.95 bits per heavy atom. The van der Waals surface area contributed by atoms with E-state index in [1.807, 2.05) is 13.0 Å². The Bertz CT molecular complexity index is 404. The van der Waals surface area contributed by atoms with E-state index in [0.717, 1.165) is 37.8 Å². The quantitative estimate of drug-likeness (QED) is 0.856. The van der Waals surface area contributed by atoms with E-state index in [9.17, 15) is 0 Å². The Morgan fingerprint density at radius 1 is 1.47 bits per heavy atom. The van der Waals surface area contributed by atoms with Crippen LogP contribution in [0.15, 0.2) is 6.07 Å². The van der Waals surface area contributed by atoms with Crippen LogP contribution in [0.5, 0.6) is 5.88 Å². The normalized spacial score (nSPS) is 18.8. The highest BCUT2D eigenvalue weighted by molar-refractivity contribution is 5.38. The second kappa shape index (κ2) is 6.70. The van der Waals surface area contributed by atoms with Gasteiger partial charge in [0, 0.05) is 31.1 Å². The van der Waals surface area contributed by atoms with Gasteiger partial charge < -0.3 is 14.8 Å². The van der Waals surface area contributed by atoms with Gasteiger partial charge in [-0.25, -0.2) is 4.98 Å². The van der Waals surface area contributed by atoms with Crippen molar-refractivity contribution in [3.63, 3.8) is 0 Å². The van der Waals surface area contributed by atoms with Crippen molar-refractivity contribution >= 4 is 5.82 Å². The third-order valence-electron chi connectivity index (χ3n) is 3.09. The summed E-state index contributed by atoms with van der Waals surface area (Å²) in [5.41, 5.74) is 0. The minimum atomic E-state index is 0.288. The molecule has 1 aromatic heterocycles. The molecule has 0 aliphatic carbocycles. The van der Waals surface area contributed by atoms with Crippen molar-refractivity contribution in [2.75, 3.05) is 31.7 Å². The molecule has 1 fully saturated rings. The zero-order valence-corrected chi connectivity index (χ0v) is 12.0. The fourth-order valence-electron chi connectivity index (χ4n) is 1.96. The van der Waals surface area contributed by atoms with Gasteiger partial charge in [0.05, 0.1) is 13.2 Å². The molecule has 1 atom stereocenters. The number of nitrogens with zero attached hydrogens (tertiary/aromatic N) is 2. The summed E-state index contributed by atoms with van der Waals surface area (Å²) in [5.74, 6) is 3.08. The monoisotopic (exact) mass is 265 g/mol. The molecule has 19 heavy (non-hydrogen) atoms. The summed E-state index contributed by atoms with van der Waals surface area (Å²) < 4.78 is 11.1. The van der Waals surface area contributed by atoms with E-state index in [-0.39, 0.29) is 5.92 Å². The molecule has 106 valence electrons. The molecule has 0 bridgehead atoms. The minimum absolute atomic E-state index is 0.288. The number of rotatable bonds is 6. The lowest BCUT2D eigenvalue weighted by Gasteiger charge is -2.13. The molecular weight excluding hydrogens is 242 g/mol. The first-order valence-electron chi connectivity index (χ1n) is 7.02. The summed E-state index contributed by atoms with van der Waals surface area (Å²) in [6, 6.07) is 1.87. The van der Waals surface area contributed by atoms with Crippen molar-refractivity contribution in [1.29, 1.82) is 0 Å². The number of hydrogen-bond acceptors (Lipinski definition) is 5. The van der Waals surface area contributed by atoms with Gasteiger partial charge in [0.1, 0.15) is 11.6 Å². The van der Waals surface area contributed by atoms with E-state index >= 15 is 0 Å². The molecule has 0 amide bonds. The zero-order chi connectivity index (χ0) is 13.7. The molecule has 1 N–H and O–H groups in total. The number of nitrogens with one attached hydrogen (secondary N) is 1. The van der Waals surface area contributed by atoms with E-state index < -0.39 is 0 Å². The van der Waals surface area contributed by atoms with Crippen LogP contribution in [0.1, 0.15) is 38.9 Å². The van der Waals surface area contributed by atoms with Crippen molar-refractivity contribution in [2.24, 2.45) is 5.92 Å². The van der Waals surface area contributed by atoms with Crippen molar-refractivity contribution in [2.45, 2.75) is 33.1 Å². The van der Waals surface area contributed by atoms with Crippen LogP contribution in [0, 0.1) is 5.92 Å². The van der Waals surface area contributed by atoms with Crippen molar-refractivity contribution < 1.29 is 9.47 Å². The number of hydrogen-bond donors (Lipinski definition) is 1. The number of aromatic nitrogens is 2. The molecule has 2 heterocycles. The summed E-state index contributed by atoms with van der Waals surface area (Å²) in [6.07, 6.45) is 1.07. The van der Waals surface area contributed by atoms with Gasteiger partial charge in [-0.1, -0.05) is 13.8 Å². The number of anilines is 1. The molecule has 1 saturated heterocycles. The SMILES string of the molecule is CCNc1cc(OCC2CCOC2)nc(C(C)C)n1. The smallest absolute Gasteiger partial charge is 0.218 e. The van der Waals surface area contributed by atoms with Crippen LogP contribution in [0.3, 0.4) is 0 Å². The first-order valence-corrected chi connectivity index (χ1v) is 7.02. The molecule has 5 heteroatoms. The van der Waals surface area contributed by atoms with Gasteiger partial charge in [0.15, 0.2) is 0 Å². The molecule has 1 aromatic rings. The highest BCUT2D eigenvalue weighted by Crippen LogP contribution is 2.20. The van der Waals surface area contributed by atoms with Crippen molar-refractivity contribution in [3.8, 4) is 5.88 Å². The lowest BCUT2D eigenvalue weighted by molar-refractivity contribution is 0.165. The van der Waals surface area contributed by atoms with Crippen molar-refractivity contribution in [3.05, 3.63) is 11.9 Å². The summed E-state index contributed by atoms with van der Waals surface area (Å²) in [5, 5.41) is 3.22. The largest absolute Gasteiger partial charge is 0.477 e. The predicted molar refractivity (Wildman–Crippen MR) is 74.7 cm³/mol. The Hall–Kier alpha value is -1.36. The van der Waals surface area contributed by atoms with Gasteiger partial charge in [0.25, 0.3) is 0 Å². The van der Waals surface area contributed by atoms with E-state index in [1.54, 1.807) is 0 Å². The number of ether oxygens (including phenoxy) is 2. The molecule has 2 rings (SSSR count). The fraction of sp³-hybridized carbons (Fsp3) is 0.714. The van der Waals surface area contributed by atoms with Crippen LogP contribution >= 0.6 is 0 Å². The maximum atomic E-state index is 5.80. The summed E-state index contributed by atoms with van der Waals surface area (Å²) >= 11 is 0. The van der Waals surface area contributed by atoms with Crippen LogP contribution in [-0.2, 0) is 4.74 Å². The zero-order valence-electron chi connectivity index (χ0n) is 12.0. The molecular formula is C14H23N3O2. The minimum Gasteiger partial charge on any atom is -0.477 e. The van der Waals surface area contributed by atoms with Crippen LogP contribution in [0.25, 0.3) is 0 Å². The van der Waals surface area contributed by atoms with E-state index in [2.05, 4.69) is 29.1 Å². The van der Waals surface area contributed by atoms with E-state index in [0.29, 0.717) is 18.4 Å². The fourth-order valence-corrected chi connectivity index (χ4v) is 1.96. The highest BCUT2D eigenvalue weighted by atomic mass is 16.5. The van der Waals surface area contributed by atoms with Gasteiger partial charge in [-0.3, -0.25) is 0 Å². The molecule has 5 nitrogen and oxygen atoms in total. The van der Waals surface area contributed by atoms with Gasteiger partial charge in [-0.05, 0) is 13.3 Å². The molecule has 0 radical (unpaired) electrons. The molecule has 1 aliphatic rings. The second-order valence-corrected chi connectivity index (χ2v) is 5.18. The summed E-state index contributed by atoms with van der Waals surface area (Å²) in [4.78, 5) is 8.94. The molecule has 1 unspecified atom stereocenters. The highest BCUT2D eigenvalue weighted by Gasteiger charge is 2.17. The maximum absolute atomic E-state index is 5.80. The average Bonchev–Trinajstić information content (AvgIpc) is 2.89. The van der Waals surface area contributed by atoms with E-state index in [4.69, 9.17) is 9.47 Å². The Kier molecular flexibility index (Phi) is 4.96. The van der Waals surface area contributed by atoms with Gasteiger partial charge in [-0.2, -0.15) is 4.98 Å². The van der Waals surface area contributed by atoms with Gasteiger partial charge in [0.2, 0.25) is 5.88 Å². The molecule has 1 aliphatic heterocycles. The first-order chi connectivity index (χ1) is 9.19. The van der Waals surface area contributed by atoms with Crippen molar-refractivity contribution in [1.82, 2.24) is 9.97 Å². The molecule has 0 saturated carbocycles. The molecule has 0 spiro atoms. The van der Waals surface area contributed by atoms with Gasteiger partial charge >= 0.3 is 0 Å². The lowest BCUT2D eigenvalue weighted by atomic mass is 10.1. The summed E-state index contributed by atoms with van der Waals surface area (Å²) in [6.45, 7) is 9.36. The first kappa shape index (κ1) is 14.1. The van der Waals surface area contributed by atoms with Crippen LogP contribution < -0.4 is 10.1 Å². The van der Waals surface area contributed by atoms with E-state index in [1.165, 1.54) is 0 Å². The van der Waals surface area contributed by atoms with Gasteiger partial charge in [-0.15, -0.1) is 0 Å². The Morgan fingerprint density at radius 2 is 2.32 bits per heavy atom. The lowest BCUT2D eigenvalue weighted by Crippen LogP contribution is -2.14. The second-order valence-electron chi connectivity index (χ2n) is 5.18. The summed E-state index contributed by atoms with van der Waals surface area (Å²) in [7, 11) is 0. The third kappa shape index (κ3) is 4.06. The molecule has 0 aromatic carbocycles. The average molecular weight is 265 g/mol.